The van der Waals surface area contributed by atoms with Gasteiger partial charge in [0.1, 0.15) is 0 Å². The summed E-state index contributed by atoms with van der Waals surface area (Å²) in [4.78, 5) is 13.9. The van der Waals surface area contributed by atoms with Gasteiger partial charge in [0, 0.05) is 18.1 Å². The van der Waals surface area contributed by atoms with Crippen molar-refractivity contribution < 1.29 is 8.42 Å². The van der Waals surface area contributed by atoms with Gasteiger partial charge in [0.25, 0.3) is 0 Å². The molecule has 0 radical (unpaired) electrons. The minimum absolute atomic E-state index is 0.0893. The van der Waals surface area contributed by atoms with Gasteiger partial charge in [-0.3, -0.25) is 9.29 Å². The van der Waals surface area contributed by atoms with Crippen LogP contribution in [0.1, 0.15) is 13.3 Å². The number of anilines is 1. The van der Waals surface area contributed by atoms with Crippen LogP contribution < -0.4 is 10.4 Å². The number of nitrogens with one attached hydrogen (secondary N) is 2. The number of benzene rings is 1. The minimum atomic E-state index is -3.28. The number of hydrogen-bond donors (Lipinski definition) is 2. The number of rotatable bonds is 5. The van der Waals surface area contributed by atoms with Crippen molar-refractivity contribution in [2.24, 2.45) is 0 Å². The van der Waals surface area contributed by atoms with E-state index in [-0.39, 0.29) is 11.4 Å². The largest absolute Gasteiger partial charge is 0.330 e. The average molecular weight is 281 g/mol. The molecule has 102 valence electrons. The van der Waals surface area contributed by atoms with Crippen LogP contribution >= 0.6 is 0 Å². The van der Waals surface area contributed by atoms with E-state index in [1.807, 2.05) is 0 Å². The monoisotopic (exact) mass is 281 g/mol. The van der Waals surface area contributed by atoms with Gasteiger partial charge in [-0.25, -0.2) is 13.2 Å². The molecule has 1 aromatic carbocycles. The van der Waals surface area contributed by atoms with Crippen molar-refractivity contribution in [2.75, 3.05) is 10.5 Å². The molecule has 7 heteroatoms. The second kappa shape index (κ2) is 5.31. The molecule has 6 nitrogen and oxygen atoms in total. The molecular weight excluding hydrogens is 266 g/mol. The van der Waals surface area contributed by atoms with E-state index in [4.69, 9.17) is 0 Å². The molecule has 0 aliphatic carbocycles. The van der Waals surface area contributed by atoms with Gasteiger partial charge in [-0.15, -0.1) is 0 Å². The zero-order chi connectivity index (χ0) is 13.9. The van der Waals surface area contributed by atoms with Crippen LogP contribution in [0.25, 0.3) is 5.69 Å². The lowest BCUT2D eigenvalue weighted by atomic mass is 10.3. The van der Waals surface area contributed by atoms with Gasteiger partial charge in [0.05, 0.1) is 11.4 Å². The molecule has 1 heterocycles. The van der Waals surface area contributed by atoms with Crippen LogP contribution in [0, 0.1) is 0 Å². The summed E-state index contributed by atoms with van der Waals surface area (Å²) in [6.07, 6.45) is 3.71. The second-order valence-corrected chi connectivity index (χ2v) is 5.94. The molecule has 2 rings (SSSR count). The number of aromatic amines is 1. The highest BCUT2D eigenvalue weighted by atomic mass is 32.2. The summed E-state index contributed by atoms with van der Waals surface area (Å²) in [6.45, 7) is 1.81. The van der Waals surface area contributed by atoms with Crippen molar-refractivity contribution in [3.05, 3.63) is 47.1 Å². The first-order valence-electron chi connectivity index (χ1n) is 5.89. The summed E-state index contributed by atoms with van der Waals surface area (Å²) in [6, 6.07) is 6.61. The zero-order valence-corrected chi connectivity index (χ0v) is 11.3. The Morgan fingerprint density at radius 1 is 1.26 bits per heavy atom. The Morgan fingerprint density at radius 2 is 1.95 bits per heavy atom. The van der Waals surface area contributed by atoms with Crippen molar-refractivity contribution in [2.45, 2.75) is 13.3 Å². The predicted molar refractivity (Wildman–Crippen MR) is 74.1 cm³/mol. The van der Waals surface area contributed by atoms with Gasteiger partial charge in [-0.1, -0.05) is 6.92 Å². The normalized spacial score (nSPS) is 11.4. The summed E-state index contributed by atoms with van der Waals surface area (Å²) >= 11 is 0. The van der Waals surface area contributed by atoms with Crippen molar-refractivity contribution in [1.82, 2.24) is 9.55 Å². The Bertz CT molecular complexity index is 698. The number of nitrogens with zero attached hydrogens (tertiary/aromatic N) is 1. The fourth-order valence-electron chi connectivity index (χ4n) is 1.71. The third-order valence-electron chi connectivity index (χ3n) is 2.54. The quantitative estimate of drug-likeness (QED) is 0.867. The molecule has 0 atom stereocenters. The zero-order valence-electron chi connectivity index (χ0n) is 10.5. The Morgan fingerprint density at radius 3 is 2.47 bits per heavy atom. The van der Waals surface area contributed by atoms with E-state index in [1.165, 1.54) is 4.57 Å². The average Bonchev–Trinajstić information content (AvgIpc) is 2.76. The molecule has 2 aromatic rings. The maximum absolute atomic E-state index is 11.6. The number of sulfonamides is 1. The van der Waals surface area contributed by atoms with Gasteiger partial charge < -0.3 is 4.98 Å². The van der Waals surface area contributed by atoms with E-state index in [0.717, 1.165) is 0 Å². The lowest BCUT2D eigenvalue weighted by Crippen LogP contribution is -2.16. The molecule has 0 fully saturated rings. The highest BCUT2D eigenvalue weighted by Crippen LogP contribution is 2.13. The summed E-state index contributed by atoms with van der Waals surface area (Å²) in [5, 5.41) is 0. The number of hydrogen-bond acceptors (Lipinski definition) is 3. The first kappa shape index (κ1) is 13.4. The van der Waals surface area contributed by atoms with Crippen molar-refractivity contribution in [1.29, 1.82) is 0 Å². The molecular formula is C12H15N3O3S. The van der Waals surface area contributed by atoms with Gasteiger partial charge >= 0.3 is 5.69 Å². The van der Waals surface area contributed by atoms with Crippen molar-refractivity contribution in [3.8, 4) is 5.69 Å². The fourth-order valence-corrected chi connectivity index (χ4v) is 2.85. The van der Waals surface area contributed by atoms with Crippen LogP contribution in [0.5, 0.6) is 0 Å². The first-order chi connectivity index (χ1) is 9.02. The molecule has 19 heavy (non-hydrogen) atoms. The van der Waals surface area contributed by atoms with Gasteiger partial charge in [0.2, 0.25) is 10.0 Å². The second-order valence-electron chi connectivity index (χ2n) is 4.10. The fraction of sp³-hybridized carbons (Fsp3) is 0.250. The highest BCUT2D eigenvalue weighted by molar-refractivity contribution is 7.92. The minimum Gasteiger partial charge on any atom is -0.312 e. The molecule has 1 aromatic heterocycles. The van der Waals surface area contributed by atoms with Gasteiger partial charge in [-0.05, 0) is 30.7 Å². The number of imidazole rings is 1. The smallest absolute Gasteiger partial charge is 0.312 e. The molecule has 0 bridgehead atoms. The predicted octanol–water partition coefficient (Wildman–Crippen LogP) is 1.32. The molecule has 2 N–H and O–H groups in total. The Hall–Kier alpha value is -2.02. The highest BCUT2D eigenvalue weighted by Gasteiger charge is 2.08. The number of H-pyrrole nitrogens is 1. The van der Waals surface area contributed by atoms with E-state index in [1.54, 1.807) is 43.6 Å². The molecule has 0 saturated carbocycles. The van der Waals surface area contributed by atoms with E-state index >= 15 is 0 Å². The number of aromatic nitrogens is 2. The Balaban J connectivity index is 2.20. The maximum atomic E-state index is 11.6. The lowest BCUT2D eigenvalue weighted by Gasteiger charge is -2.08. The van der Waals surface area contributed by atoms with Crippen LogP contribution in [0.15, 0.2) is 41.5 Å². The first-order valence-corrected chi connectivity index (χ1v) is 7.54. The molecule has 0 aliphatic rings. The topological polar surface area (TPSA) is 84.0 Å². The summed E-state index contributed by atoms with van der Waals surface area (Å²) in [7, 11) is -3.28. The Kier molecular flexibility index (Phi) is 3.75. The standard InChI is InChI=1S/C12H15N3O3S/c1-2-9-19(17,18)14-10-3-5-11(6-4-10)15-8-7-13-12(15)16/h3-8,14H,2,9H2,1H3,(H,13,16). The van der Waals surface area contributed by atoms with Crippen LogP contribution in [-0.2, 0) is 10.0 Å². The Labute approximate surface area is 111 Å². The van der Waals surface area contributed by atoms with Crippen LogP contribution in [-0.4, -0.2) is 23.7 Å². The van der Waals surface area contributed by atoms with E-state index in [2.05, 4.69) is 9.71 Å². The SMILES string of the molecule is CCCS(=O)(=O)Nc1ccc(-n2cc[nH]c2=O)cc1. The van der Waals surface area contributed by atoms with Crippen molar-refractivity contribution >= 4 is 15.7 Å². The molecule has 0 unspecified atom stereocenters. The lowest BCUT2D eigenvalue weighted by molar-refractivity contribution is 0.600. The van der Waals surface area contributed by atoms with Crippen LogP contribution in [0.2, 0.25) is 0 Å². The summed E-state index contributed by atoms with van der Waals surface area (Å²) in [5.74, 6) is 0.0893. The molecule has 0 amide bonds. The summed E-state index contributed by atoms with van der Waals surface area (Å²) < 4.78 is 27.1. The maximum Gasteiger partial charge on any atom is 0.330 e. The van der Waals surface area contributed by atoms with E-state index in [0.29, 0.717) is 17.8 Å². The van der Waals surface area contributed by atoms with Crippen LogP contribution in [0.3, 0.4) is 0 Å². The third kappa shape index (κ3) is 3.25. The van der Waals surface area contributed by atoms with Gasteiger partial charge in [-0.2, -0.15) is 0 Å². The van der Waals surface area contributed by atoms with Gasteiger partial charge in [0.15, 0.2) is 0 Å². The van der Waals surface area contributed by atoms with Crippen molar-refractivity contribution in [3.63, 3.8) is 0 Å². The summed E-state index contributed by atoms with van der Waals surface area (Å²) in [5.41, 5.74) is 0.921. The van der Waals surface area contributed by atoms with Crippen LogP contribution in [0.4, 0.5) is 5.69 Å². The molecule has 0 spiro atoms. The molecule has 0 aliphatic heterocycles. The third-order valence-corrected chi connectivity index (χ3v) is 4.03. The van der Waals surface area contributed by atoms with E-state index in [9.17, 15) is 13.2 Å². The molecule has 0 saturated heterocycles. The van der Waals surface area contributed by atoms with E-state index < -0.39 is 10.0 Å².